The number of nitrogens with one attached hydrogen (secondary N) is 2. The van der Waals surface area contributed by atoms with Gasteiger partial charge >= 0.3 is 0 Å². The normalized spacial score (nSPS) is 10.9. The van der Waals surface area contributed by atoms with E-state index >= 15 is 0 Å². The van der Waals surface area contributed by atoms with E-state index in [0.29, 0.717) is 13.2 Å². The number of hydrogen-bond donors (Lipinski definition) is 2. The van der Waals surface area contributed by atoms with Crippen molar-refractivity contribution in [2.24, 2.45) is 0 Å². The Morgan fingerprint density at radius 2 is 0.875 bits per heavy atom. The fourth-order valence-electron chi connectivity index (χ4n) is 4.62. The number of unbranched alkanes of at least 4 members (excludes halogenated alkanes) is 3. The Labute approximate surface area is 240 Å². The highest BCUT2D eigenvalue weighted by atomic mass is 16.5. The van der Waals surface area contributed by atoms with Gasteiger partial charge in [0.1, 0.15) is 13.2 Å². The Morgan fingerprint density at radius 3 is 1.43 bits per heavy atom. The summed E-state index contributed by atoms with van der Waals surface area (Å²) >= 11 is 0. The van der Waals surface area contributed by atoms with E-state index in [1.165, 1.54) is 36.8 Å². The van der Waals surface area contributed by atoms with Crippen LogP contribution < -0.4 is 20.1 Å². The summed E-state index contributed by atoms with van der Waals surface area (Å²) < 4.78 is 12.4. The number of hydrogen-bond acceptors (Lipinski definition) is 4. The van der Waals surface area contributed by atoms with Crippen LogP contribution in [0.2, 0.25) is 0 Å². The first-order valence-corrected chi connectivity index (χ1v) is 14.8. The van der Waals surface area contributed by atoms with Crippen LogP contribution in [0.4, 0.5) is 0 Å². The lowest BCUT2D eigenvalue weighted by molar-refractivity contribution is 0.255. The minimum atomic E-state index is 0.521. The molecule has 4 rings (SSSR count). The second-order valence-corrected chi connectivity index (χ2v) is 10.2. The predicted molar refractivity (Wildman–Crippen MR) is 166 cm³/mol. The quantitative estimate of drug-likeness (QED) is 0.123. The van der Waals surface area contributed by atoms with Gasteiger partial charge < -0.3 is 20.1 Å². The summed E-state index contributed by atoms with van der Waals surface area (Å²) in [5.74, 6) is 1.58. The van der Waals surface area contributed by atoms with Crippen LogP contribution in [0, 0.1) is 0 Å². The van der Waals surface area contributed by atoms with Gasteiger partial charge in [-0.05, 0) is 86.2 Å². The van der Waals surface area contributed by atoms with E-state index < -0.39 is 0 Å². The summed E-state index contributed by atoms with van der Waals surface area (Å²) in [7, 11) is 0. The zero-order valence-corrected chi connectivity index (χ0v) is 23.7. The van der Waals surface area contributed by atoms with Gasteiger partial charge in [-0.3, -0.25) is 0 Å². The molecular formula is C36H44N2O2. The molecule has 0 amide bonds. The van der Waals surface area contributed by atoms with E-state index in [1.54, 1.807) is 0 Å². The van der Waals surface area contributed by atoms with Crippen LogP contribution in [-0.2, 0) is 26.1 Å². The Morgan fingerprint density at radius 1 is 0.400 bits per heavy atom. The maximum atomic E-state index is 6.23. The number of ether oxygens (including phenoxy) is 2. The van der Waals surface area contributed by atoms with Crippen molar-refractivity contribution in [1.29, 1.82) is 0 Å². The van der Waals surface area contributed by atoms with Gasteiger partial charge in [0.05, 0.1) is 0 Å². The highest BCUT2D eigenvalue weighted by molar-refractivity contribution is 5.43. The first kappa shape index (κ1) is 29.4. The van der Waals surface area contributed by atoms with Gasteiger partial charge in [-0.2, -0.15) is 0 Å². The third-order valence-electron chi connectivity index (χ3n) is 6.96. The van der Waals surface area contributed by atoms with Crippen LogP contribution in [0.1, 0.15) is 47.9 Å². The van der Waals surface area contributed by atoms with Crippen molar-refractivity contribution in [3.05, 3.63) is 131 Å². The Hall–Kier alpha value is -3.60. The molecule has 0 unspecified atom stereocenters. The molecule has 0 atom stereocenters. The molecule has 0 aliphatic rings. The van der Waals surface area contributed by atoms with Gasteiger partial charge in [0.2, 0.25) is 0 Å². The molecular weight excluding hydrogens is 492 g/mol. The van der Waals surface area contributed by atoms with Crippen molar-refractivity contribution in [3.8, 4) is 11.5 Å². The number of benzene rings is 4. The van der Waals surface area contributed by atoms with Gasteiger partial charge in [-0.1, -0.05) is 110 Å². The third kappa shape index (κ3) is 11.3. The number of rotatable bonds is 19. The molecule has 0 aromatic heterocycles. The lowest BCUT2D eigenvalue weighted by Gasteiger charge is -2.15. The molecule has 0 aliphatic carbocycles. The maximum Gasteiger partial charge on any atom is 0.161 e. The van der Waals surface area contributed by atoms with Crippen molar-refractivity contribution in [3.63, 3.8) is 0 Å². The first-order chi connectivity index (χ1) is 19.9. The molecule has 4 heteroatoms. The van der Waals surface area contributed by atoms with Crippen molar-refractivity contribution < 1.29 is 9.47 Å². The van der Waals surface area contributed by atoms with Crippen LogP contribution in [-0.4, -0.2) is 26.2 Å². The molecule has 0 fully saturated rings. The Balaban J connectivity index is 1.12. The van der Waals surface area contributed by atoms with Crippen molar-refractivity contribution >= 4 is 0 Å². The molecule has 0 bridgehead atoms. The smallest absolute Gasteiger partial charge is 0.161 e. The van der Waals surface area contributed by atoms with E-state index in [0.717, 1.165) is 61.6 Å². The molecule has 0 heterocycles. The molecule has 0 saturated heterocycles. The molecule has 0 radical (unpaired) electrons. The average molecular weight is 537 g/mol. The minimum Gasteiger partial charge on any atom is -0.485 e. The molecule has 4 aromatic carbocycles. The fraction of sp³-hybridized carbons (Fsp3) is 0.333. The summed E-state index contributed by atoms with van der Waals surface area (Å²) in [6.45, 7) is 5.24. The summed E-state index contributed by atoms with van der Waals surface area (Å²) in [6.07, 6.45) is 7.10. The Bertz CT molecular complexity index is 1200. The van der Waals surface area contributed by atoms with Crippen LogP contribution in [0.3, 0.4) is 0 Å². The topological polar surface area (TPSA) is 42.5 Å². The fourth-order valence-corrected chi connectivity index (χ4v) is 4.62. The van der Waals surface area contributed by atoms with Crippen LogP contribution in [0.5, 0.6) is 11.5 Å². The lowest BCUT2D eigenvalue weighted by atomic mass is 10.1. The van der Waals surface area contributed by atoms with Crippen molar-refractivity contribution in [1.82, 2.24) is 10.6 Å². The molecule has 0 spiro atoms. The molecule has 4 aromatic rings. The zero-order valence-electron chi connectivity index (χ0n) is 23.7. The zero-order chi connectivity index (χ0) is 27.5. The van der Waals surface area contributed by atoms with Gasteiger partial charge in [-0.15, -0.1) is 0 Å². The van der Waals surface area contributed by atoms with E-state index in [2.05, 4.69) is 77.4 Å². The van der Waals surface area contributed by atoms with E-state index in [-0.39, 0.29) is 0 Å². The summed E-state index contributed by atoms with van der Waals surface area (Å²) in [6, 6.07) is 37.6. The monoisotopic (exact) mass is 536 g/mol. The highest BCUT2D eigenvalue weighted by Gasteiger charge is 2.08. The van der Waals surface area contributed by atoms with Crippen LogP contribution >= 0.6 is 0 Å². The molecule has 4 nitrogen and oxygen atoms in total. The lowest BCUT2D eigenvalue weighted by Crippen LogP contribution is -2.19. The van der Waals surface area contributed by atoms with Crippen LogP contribution in [0.15, 0.2) is 109 Å². The molecule has 40 heavy (non-hydrogen) atoms. The van der Waals surface area contributed by atoms with Gasteiger partial charge in [0.15, 0.2) is 11.5 Å². The van der Waals surface area contributed by atoms with Crippen molar-refractivity contribution in [2.75, 3.05) is 26.2 Å². The molecule has 210 valence electrons. The second kappa shape index (κ2) is 17.9. The second-order valence-electron chi connectivity index (χ2n) is 10.2. The van der Waals surface area contributed by atoms with E-state index in [4.69, 9.17) is 9.47 Å². The SMILES string of the molecule is c1ccc(CCNCCCCCCNCCc2ccc(OCc3ccccc3)c(OCc3ccccc3)c2)cc1. The van der Waals surface area contributed by atoms with Gasteiger partial charge in [0.25, 0.3) is 0 Å². The molecule has 0 aliphatic heterocycles. The minimum absolute atomic E-state index is 0.521. The van der Waals surface area contributed by atoms with Crippen molar-refractivity contribution in [2.45, 2.75) is 51.7 Å². The summed E-state index contributed by atoms with van der Waals surface area (Å²) in [5, 5.41) is 7.19. The van der Waals surface area contributed by atoms with Crippen LogP contribution in [0.25, 0.3) is 0 Å². The maximum absolute atomic E-state index is 6.23. The average Bonchev–Trinajstić information content (AvgIpc) is 3.01. The Kier molecular flexibility index (Phi) is 13.1. The van der Waals surface area contributed by atoms with Gasteiger partial charge in [-0.25, -0.2) is 0 Å². The largest absolute Gasteiger partial charge is 0.485 e. The van der Waals surface area contributed by atoms with E-state index in [1.807, 2.05) is 42.5 Å². The third-order valence-corrected chi connectivity index (χ3v) is 6.96. The summed E-state index contributed by atoms with van der Waals surface area (Å²) in [5.41, 5.74) is 4.95. The predicted octanol–water partition coefficient (Wildman–Crippen LogP) is 7.37. The highest BCUT2D eigenvalue weighted by Crippen LogP contribution is 2.30. The van der Waals surface area contributed by atoms with E-state index in [9.17, 15) is 0 Å². The van der Waals surface area contributed by atoms with Gasteiger partial charge in [0, 0.05) is 0 Å². The molecule has 0 saturated carbocycles. The standard InChI is InChI=1S/C36H44N2O2/c1(12-24-37-26-22-31-14-6-3-7-15-31)2-13-25-38-27-23-32-20-21-35(39-29-33-16-8-4-9-17-33)36(28-32)40-30-34-18-10-5-11-19-34/h3-11,14-21,28,37-38H,1-2,12-13,22-27,29-30H2. The summed E-state index contributed by atoms with van der Waals surface area (Å²) in [4.78, 5) is 0. The first-order valence-electron chi connectivity index (χ1n) is 14.8. The molecule has 2 N–H and O–H groups in total.